The van der Waals surface area contributed by atoms with Crippen LogP contribution in [0.15, 0.2) is 0 Å². The fourth-order valence-electron chi connectivity index (χ4n) is 14.6. The average Bonchev–Trinajstić information content (AvgIpc) is 0.824. The molecule has 0 aliphatic carbocycles. The van der Waals surface area contributed by atoms with Crippen molar-refractivity contribution in [2.24, 2.45) is 0 Å². The lowest BCUT2D eigenvalue weighted by molar-refractivity contribution is -0.286. The maximum Gasteiger partial charge on any atom is 0.326 e. The molecule has 806 valence electrons. The van der Waals surface area contributed by atoms with Gasteiger partial charge in [0.25, 0.3) is 0 Å². The van der Waals surface area contributed by atoms with Crippen molar-refractivity contribution in [3.8, 4) is 0 Å². The van der Waals surface area contributed by atoms with Crippen LogP contribution in [-0.2, 0) is 186 Å². The van der Waals surface area contributed by atoms with E-state index in [0.29, 0.717) is 12.8 Å². The molecule has 0 bridgehead atoms. The van der Waals surface area contributed by atoms with E-state index in [1.807, 2.05) is 0 Å². The maximum absolute atomic E-state index is 14.6. The van der Waals surface area contributed by atoms with E-state index in [1.165, 1.54) is 114 Å². The van der Waals surface area contributed by atoms with Gasteiger partial charge in [0, 0.05) is 101 Å². The van der Waals surface area contributed by atoms with E-state index in [-0.39, 0.29) is 248 Å². The molecular weight excluding hydrogens is 1860 g/mol. The zero-order chi connectivity index (χ0) is 103. The quantitative estimate of drug-likeness (QED) is 0.0188. The number of esters is 8. The highest BCUT2D eigenvalue weighted by molar-refractivity contribution is 5.93. The van der Waals surface area contributed by atoms with Crippen molar-refractivity contribution < 1.29 is 196 Å². The minimum Gasteiger partial charge on any atom is -0.480 e. The second-order valence-electron chi connectivity index (χ2n) is 33.4. The first kappa shape index (κ1) is 126. The van der Waals surface area contributed by atoms with Crippen LogP contribution in [-0.4, -0.2) is 376 Å². The first-order chi connectivity index (χ1) is 67.2. The van der Waals surface area contributed by atoms with E-state index < -0.39 is 188 Å². The van der Waals surface area contributed by atoms with Crippen molar-refractivity contribution in [2.45, 2.75) is 328 Å². The van der Waals surface area contributed by atoms with E-state index in [0.717, 1.165) is 25.7 Å². The third-order valence-electron chi connectivity index (χ3n) is 21.1. The number of amides is 6. The number of hydrogen-bond donors (Lipinski definition) is 8. The lowest BCUT2D eigenvalue weighted by Gasteiger charge is -2.40. The summed E-state index contributed by atoms with van der Waals surface area (Å²) in [5.74, 6) is -9.97. The molecule has 8 N–H and O–H groups in total. The second kappa shape index (κ2) is 78.8. The number of nitrogens with one attached hydrogen (secondary N) is 6. The zero-order valence-electron chi connectivity index (χ0n) is 83.3. The molecule has 3 rings (SSSR count). The molecule has 1 unspecified atom stereocenters. The Balaban J connectivity index is 1.62. The van der Waals surface area contributed by atoms with Crippen molar-refractivity contribution in [3.05, 3.63) is 0 Å². The molecule has 47 heteroatoms. The van der Waals surface area contributed by atoms with E-state index >= 15 is 0 Å². The molecule has 0 aromatic carbocycles. The fourth-order valence-corrected chi connectivity index (χ4v) is 14.6. The minimum absolute atomic E-state index is 0.00118. The molecule has 0 spiro atoms. The van der Waals surface area contributed by atoms with E-state index in [9.17, 15) is 82.1 Å². The number of rotatable bonds is 83. The monoisotopic (exact) mass is 2020 g/mol. The summed E-state index contributed by atoms with van der Waals surface area (Å²) in [6.07, 6.45) is 3.42. The number of aliphatic hydroxyl groups is 1. The van der Waals surface area contributed by atoms with Gasteiger partial charge in [0.2, 0.25) is 35.4 Å². The summed E-state index contributed by atoms with van der Waals surface area (Å²) in [5.41, 5.74) is 0. The van der Waals surface area contributed by atoms with Gasteiger partial charge < -0.3 is 156 Å². The van der Waals surface area contributed by atoms with Gasteiger partial charge in [-0.15, -0.1) is 0 Å². The van der Waals surface area contributed by atoms with Crippen molar-refractivity contribution in [1.82, 2.24) is 31.9 Å². The SMILES string of the molecule is CCCCCCCCCCCCCCCC(=O)NCCC[C@H](NC(=O)[C@H](CCCCNC(=O)COCCOCCOCCO[C@H]1C[C@@H](OC(C)=O)[C@@H](OC(C)=O)[C@@H](COC(C)=O)O1)NC(=O)[C@H](CCCCNC(=O)COCCOCCOCCO[C@H]1C[C@@H](OC(C)O)[C@@H](OC(C)=O)[C@@H](COC(C)=O)O1)NC(=O)COCCOCCOCCO[C@H]1C[C@@H](OC(C)=O)[C@@H](OC(C)=O)[C@@H](COC(C)=O)O1)C(=O)O. The number of hydrogen-bond acceptors (Lipinski definition) is 40. The number of carboxylic acids is 1. The van der Waals surface area contributed by atoms with Crippen LogP contribution in [0.1, 0.15) is 230 Å². The number of carboxylic acid groups (broad SMARTS) is 1. The molecule has 0 radical (unpaired) electrons. The molecule has 3 fully saturated rings. The Bertz CT molecular complexity index is 3520. The molecule has 0 saturated carbocycles. The van der Waals surface area contributed by atoms with Gasteiger partial charge >= 0.3 is 53.7 Å². The van der Waals surface area contributed by atoms with Crippen LogP contribution >= 0.6 is 0 Å². The number of unbranched alkanes of at least 4 members (excludes halogenated alkanes) is 14. The number of aliphatic carboxylic acids is 1. The van der Waals surface area contributed by atoms with Gasteiger partial charge in [-0.05, 0) is 64.7 Å². The van der Waals surface area contributed by atoms with Gasteiger partial charge in [-0.3, -0.25) is 67.1 Å². The predicted octanol–water partition coefficient (Wildman–Crippen LogP) is 3.09. The smallest absolute Gasteiger partial charge is 0.326 e. The Morgan fingerprint density at radius 3 is 0.950 bits per heavy atom. The summed E-state index contributed by atoms with van der Waals surface area (Å²) in [4.78, 5) is 188. The normalized spacial score (nSPS) is 20.3. The van der Waals surface area contributed by atoms with Crippen LogP contribution in [0.4, 0.5) is 0 Å². The van der Waals surface area contributed by atoms with Crippen molar-refractivity contribution >= 4 is 89.2 Å². The van der Waals surface area contributed by atoms with Crippen molar-refractivity contribution in [1.29, 1.82) is 0 Å². The lowest BCUT2D eigenvalue weighted by atomic mass is 10.0. The summed E-state index contributed by atoms with van der Waals surface area (Å²) in [6, 6.07) is -4.17. The van der Waals surface area contributed by atoms with E-state index in [1.54, 1.807) is 0 Å². The van der Waals surface area contributed by atoms with Crippen LogP contribution < -0.4 is 31.9 Å². The molecule has 0 aromatic heterocycles. The zero-order valence-corrected chi connectivity index (χ0v) is 83.3. The summed E-state index contributed by atoms with van der Waals surface area (Å²) in [5, 5.41) is 36.6. The standard InChI is InChI=1S/C93H158N6O41/c1-11-12-13-14-15-16-17-18-19-20-21-22-23-32-81(109)94-35-28-31-74(93(115)116)99-92(114)73(30-25-27-34-96-83(111)61-124-46-43-118-37-40-121-49-52-127-86-55-76(133-67(6)104)89(136-70(9)107)79(139-86)58-130-64(3)101)98-91(113)72(97-84(112)62-125-47-44-119-38-41-122-50-53-128-87-56-77(134-68(7)105)90(137-71(10)108)80(140-87)59-131-65(4)102)29-24-26-33-95-82(110)60-123-45-42-117-36-39-120-48-51-126-85-54-75(132-66(5)103)88(135-69(8)106)78(138-85)57-129-63(2)100/h66,72-80,85-90,103H,11-62H2,1-10H3,(H,94,109)(H,95,110)(H,96,111)(H,97,112)(H,98,113)(H,99,114)(H,115,116)/t66?,72-,73-,74-,75+,76+,77+,78+,79+,80+,85+,86+,87+,88+,89+,90+/m0/s1. The van der Waals surface area contributed by atoms with Crippen LogP contribution in [0.25, 0.3) is 0 Å². The van der Waals surface area contributed by atoms with Crippen LogP contribution in [0.3, 0.4) is 0 Å². The maximum atomic E-state index is 14.6. The van der Waals surface area contributed by atoms with Gasteiger partial charge in [0.1, 0.15) is 94.4 Å². The molecule has 3 saturated heterocycles. The molecule has 140 heavy (non-hydrogen) atoms. The summed E-state index contributed by atoms with van der Waals surface area (Å²) >= 11 is 0. The highest BCUT2D eigenvalue weighted by atomic mass is 16.7. The predicted molar refractivity (Wildman–Crippen MR) is 489 cm³/mol. The number of ether oxygens (including phenoxy) is 24. The number of carbonyl (C=O) groups is 15. The number of carbonyl (C=O) groups excluding carboxylic acids is 14. The van der Waals surface area contributed by atoms with Crippen molar-refractivity contribution in [2.75, 3.05) is 178 Å². The van der Waals surface area contributed by atoms with Crippen LogP contribution in [0.2, 0.25) is 0 Å². The topological polar surface area (TPSA) is 590 Å². The number of aliphatic hydroxyl groups excluding tert-OH is 1. The average molecular weight is 2020 g/mol. The molecule has 3 heterocycles. The third-order valence-corrected chi connectivity index (χ3v) is 21.1. The first-order valence-corrected chi connectivity index (χ1v) is 48.8. The Kier molecular flexibility index (Phi) is 70.7. The van der Waals surface area contributed by atoms with Gasteiger partial charge in [0.15, 0.2) is 43.5 Å². The van der Waals surface area contributed by atoms with Gasteiger partial charge in [-0.25, -0.2) is 4.79 Å². The first-order valence-electron chi connectivity index (χ1n) is 48.8. The summed E-state index contributed by atoms with van der Waals surface area (Å²) < 4.78 is 133. The molecule has 3 aliphatic heterocycles. The van der Waals surface area contributed by atoms with Gasteiger partial charge in [-0.2, -0.15) is 0 Å². The Morgan fingerprint density at radius 1 is 0.314 bits per heavy atom. The van der Waals surface area contributed by atoms with E-state index in [4.69, 9.17) is 114 Å². The molecule has 6 amide bonds. The summed E-state index contributed by atoms with van der Waals surface area (Å²) in [7, 11) is 0. The summed E-state index contributed by atoms with van der Waals surface area (Å²) in [6.45, 7) is 12.8. The molecular formula is C93H158N6O41. The van der Waals surface area contributed by atoms with Gasteiger partial charge in [-0.1, -0.05) is 84.0 Å². The van der Waals surface area contributed by atoms with E-state index in [2.05, 4.69) is 38.8 Å². The highest BCUT2D eigenvalue weighted by Gasteiger charge is 2.47. The Morgan fingerprint density at radius 2 is 0.607 bits per heavy atom. The Labute approximate surface area is 819 Å². The third kappa shape index (κ3) is 64.1. The second-order valence-corrected chi connectivity index (χ2v) is 33.4. The molecule has 0 aromatic rings. The fraction of sp³-hybridized carbons (Fsp3) is 0.839. The van der Waals surface area contributed by atoms with Gasteiger partial charge in [0.05, 0.1) is 119 Å². The van der Waals surface area contributed by atoms with Crippen LogP contribution in [0, 0.1) is 0 Å². The Hall–Kier alpha value is -8.63. The highest BCUT2D eigenvalue weighted by Crippen LogP contribution is 2.31. The molecule has 47 nitrogen and oxygen atoms in total. The minimum atomic E-state index is -1.46. The largest absolute Gasteiger partial charge is 0.480 e. The molecule has 3 aliphatic rings. The van der Waals surface area contributed by atoms with Crippen molar-refractivity contribution in [3.63, 3.8) is 0 Å². The van der Waals surface area contributed by atoms with Crippen LogP contribution in [0.5, 0.6) is 0 Å². The molecule has 16 atom stereocenters. The lowest BCUT2D eigenvalue weighted by Crippen LogP contribution is -2.56.